The number of benzene rings is 2. The first-order valence-electron chi connectivity index (χ1n) is 9.12. The lowest BCUT2D eigenvalue weighted by molar-refractivity contribution is 0.0247. The summed E-state index contributed by atoms with van der Waals surface area (Å²) in [7, 11) is 0. The van der Waals surface area contributed by atoms with Crippen molar-refractivity contribution in [3.05, 3.63) is 59.2 Å². The van der Waals surface area contributed by atoms with Crippen LogP contribution in [0.1, 0.15) is 35.4 Å². The van der Waals surface area contributed by atoms with Gasteiger partial charge in [-0.2, -0.15) is 0 Å². The molecule has 1 atom stereocenters. The van der Waals surface area contributed by atoms with Gasteiger partial charge in [0.15, 0.2) is 17.2 Å². The number of nitrogens with two attached hydrogens (primary N) is 1. The third kappa shape index (κ3) is 4.60. The molecule has 0 bridgehead atoms. The van der Waals surface area contributed by atoms with E-state index in [1.54, 1.807) is 12.2 Å². The molecule has 2 aromatic carbocycles. The van der Waals surface area contributed by atoms with Crippen LogP contribution in [0.4, 0.5) is 0 Å². The standard InChI is InChI=1S/C21H26N2O4/c22-13-15-2-1-3-17(10-15)16-6-8-23(9-7-16)20(26)5-4-14-11-18(24)21(27)19(25)12-14/h1-5,10-12,16,20,24-27H,6-9,13,22H2/b5-4+. The molecule has 6 heteroatoms. The van der Waals surface area contributed by atoms with Crippen molar-refractivity contribution >= 4 is 6.08 Å². The second-order valence-electron chi connectivity index (χ2n) is 6.94. The molecule has 1 aliphatic heterocycles. The van der Waals surface area contributed by atoms with E-state index in [2.05, 4.69) is 12.1 Å². The van der Waals surface area contributed by atoms with Gasteiger partial charge in [0.2, 0.25) is 0 Å². The van der Waals surface area contributed by atoms with E-state index in [1.165, 1.54) is 17.7 Å². The van der Waals surface area contributed by atoms with Crippen molar-refractivity contribution in [3.63, 3.8) is 0 Å². The maximum absolute atomic E-state index is 10.4. The lowest BCUT2D eigenvalue weighted by Crippen LogP contribution is -2.39. The topological polar surface area (TPSA) is 110 Å². The normalized spacial score (nSPS) is 17.4. The van der Waals surface area contributed by atoms with Crippen molar-refractivity contribution in [3.8, 4) is 17.2 Å². The van der Waals surface area contributed by atoms with Crippen molar-refractivity contribution < 1.29 is 20.4 Å². The minimum Gasteiger partial charge on any atom is -0.504 e. The molecule has 1 saturated heterocycles. The van der Waals surface area contributed by atoms with Gasteiger partial charge in [0.1, 0.15) is 6.23 Å². The van der Waals surface area contributed by atoms with Gasteiger partial charge in [-0.1, -0.05) is 30.3 Å². The number of hydrogen-bond donors (Lipinski definition) is 5. The summed E-state index contributed by atoms with van der Waals surface area (Å²) in [6.07, 6.45) is 4.39. The Labute approximate surface area is 158 Å². The van der Waals surface area contributed by atoms with Gasteiger partial charge in [-0.15, -0.1) is 0 Å². The van der Waals surface area contributed by atoms with Gasteiger partial charge >= 0.3 is 0 Å². The van der Waals surface area contributed by atoms with Crippen LogP contribution in [0.25, 0.3) is 6.08 Å². The lowest BCUT2D eigenvalue weighted by atomic mass is 9.88. The van der Waals surface area contributed by atoms with Crippen LogP contribution in [-0.2, 0) is 6.54 Å². The molecule has 6 nitrogen and oxygen atoms in total. The molecule has 0 aliphatic carbocycles. The minimum absolute atomic E-state index is 0.398. The quantitative estimate of drug-likeness (QED) is 0.517. The number of nitrogens with zero attached hydrogens (tertiary/aromatic N) is 1. The smallest absolute Gasteiger partial charge is 0.200 e. The van der Waals surface area contributed by atoms with Crippen LogP contribution in [0.2, 0.25) is 0 Å². The molecule has 0 saturated carbocycles. The van der Waals surface area contributed by atoms with Crippen molar-refractivity contribution in [2.75, 3.05) is 13.1 Å². The second kappa shape index (κ2) is 8.43. The third-order valence-corrected chi connectivity index (χ3v) is 5.11. The molecule has 1 unspecified atom stereocenters. The van der Waals surface area contributed by atoms with Crippen molar-refractivity contribution in [2.24, 2.45) is 5.73 Å². The SMILES string of the molecule is NCc1cccc(C2CCN(C(O)/C=C/c3cc(O)c(O)c(O)c3)CC2)c1. The Morgan fingerprint density at radius 1 is 1.07 bits per heavy atom. The largest absolute Gasteiger partial charge is 0.504 e. The maximum Gasteiger partial charge on any atom is 0.200 e. The van der Waals surface area contributed by atoms with Crippen LogP contribution >= 0.6 is 0 Å². The average molecular weight is 370 g/mol. The summed E-state index contributed by atoms with van der Waals surface area (Å²) in [6, 6.07) is 11.0. The number of aromatic hydroxyl groups is 3. The highest BCUT2D eigenvalue weighted by Crippen LogP contribution is 2.36. The molecule has 0 amide bonds. The molecule has 0 aromatic heterocycles. The number of aliphatic hydroxyl groups excluding tert-OH is 1. The Hall–Kier alpha value is -2.54. The van der Waals surface area contributed by atoms with Crippen LogP contribution in [0.5, 0.6) is 17.2 Å². The molecule has 0 radical (unpaired) electrons. The van der Waals surface area contributed by atoms with E-state index in [1.807, 2.05) is 17.0 Å². The lowest BCUT2D eigenvalue weighted by Gasteiger charge is -2.34. The van der Waals surface area contributed by atoms with Gasteiger partial charge in [0.05, 0.1) is 0 Å². The molecule has 1 heterocycles. The van der Waals surface area contributed by atoms with Crippen LogP contribution in [0.3, 0.4) is 0 Å². The van der Waals surface area contributed by atoms with E-state index in [4.69, 9.17) is 5.73 Å². The highest BCUT2D eigenvalue weighted by molar-refractivity contribution is 5.60. The summed E-state index contributed by atoms with van der Waals surface area (Å²) in [4.78, 5) is 1.99. The Kier molecular flexibility index (Phi) is 6.01. The van der Waals surface area contributed by atoms with E-state index in [-0.39, 0.29) is 0 Å². The van der Waals surface area contributed by atoms with E-state index < -0.39 is 23.5 Å². The van der Waals surface area contributed by atoms with Crippen molar-refractivity contribution in [2.45, 2.75) is 31.5 Å². The van der Waals surface area contributed by atoms with Gasteiger partial charge in [0, 0.05) is 19.6 Å². The van der Waals surface area contributed by atoms with Gasteiger partial charge in [-0.05, 0) is 53.7 Å². The fourth-order valence-corrected chi connectivity index (χ4v) is 3.51. The van der Waals surface area contributed by atoms with Crippen molar-refractivity contribution in [1.29, 1.82) is 0 Å². The minimum atomic E-state index is -0.751. The molecule has 1 fully saturated rings. The summed E-state index contributed by atoms with van der Waals surface area (Å²) in [5.41, 5.74) is 8.66. The first kappa shape index (κ1) is 19.2. The molecule has 6 N–H and O–H groups in total. The number of rotatable bonds is 5. The zero-order chi connectivity index (χ0) is 19.4. The molecular weight excluding hydrogens is 344 g/mol. The summed E-state index contributed by atoms with van der Waals surface area (Å²) in [5.74, 6) is -0.877. The number of piperidine rings is 1. The van der Waals surface area contributed by atoms with Crippen LogP contribution in [0.15, 0.2) is 42.5 Å². The van der Waals surface area contributed by atoms with Gasteiger partial charge in [0.25, 0.3) is 0 Å². The Morgan fingerprint density at radius 3 is 2.37 bits per heavy atom. The molecule has 1 aliphatic rings. The maximum atomic E-state index is 10.4. The van der Waals surface area contributed by atoms with E-state index in [0.29, 0.717) is 18.0 Å². The highest BCUT2D eigenvalue weighted by Gasteiger charge is 2.23. The zero-order valence-electron chi connectivity index (χ0n) is 15.1. The molecule has 3 rings (SSSR count). The third-order valence-electron chi connectivity index (χ3n) is 5.11. The zero-order valence-corrected chi connectivity index (χ0v) is 15.1. The predicted molar refractivity (Wildman–Crippen MR) is 104 cm³/mol. The van der Waals surface area contributed by atoms with Crippen LogP contribution in [0, 0.1) is 0 Å². The first-order valence-corrected chi connectivity index (χ1v) is 9.12. The summed E-state index contributed by atoms with van der Waals surface area (Å²) < 4.78 is 0. The average Bonchev–Trinajstić information content (AvgIpc) is 2.70. The number of hydrogen-bond acceptors (Lipinski definition) is 6. The predicted octanol–water partition coefficient (Wildman–Crippen LogP) is 2.47. The fraction of sp³-hybridized carbons (Fsp3) is 0.333. The summed E-state index contributed by atoms with van der Waals surface area (Å²) in [6.45, 7) is 2.09. The summed E-state index contributed by atoms with van der Waals surface area (Å²) in [5, 5.41) is 38.9. The Balaban J connectivity index is 1.59. The summed E-state index contributed by atoms with van der Waals surface area (Å²) >= 11 is 0. The molecule has 27 heavy (non-hydrogen) atoms. The van der Waals surface area contributed by atoms with E-state index in [9.17, 15) is 20.4 Å². The fourth-order valence-electron chi connectivity index (χ4n) is 3.51. The highest BCUT2D eigenvalue weighted by atomic mass is 16.3. The number of phenols is 3. The monoisotopic (exact) mass is 370 g/mol. The van der Waals surface area contributed by atoms with Crippen molar-refractivity contribution in [1.82, 2.24) is 4.90 Å². The molecular formula is C21H26N2O4. The molecule has 0 spiro atoms. The van der Waals surface area contributed by atoms with Gasteiger partial charge in [-0.25, -0.2) is 0 Å². The Morgan fingerprint density at radius 2 is 1.74 bits per heavy atom. The van der Waals surface area contributed by atoms with Gasteiger partial charge in [-0.3, -0.25) is 4.90 Å². The first-order chi connectivity index (χ1) is 13.0. The van der Waals surface area contributed by atoms with Crippen LogP contribution in [-0.4, -0.2) is 44.6 Å². The van der Waals surface area contributed by atoms with Crippen LogP contribution < -0.4 is 5.73 Å². The second-order valence-corrected chi connectivity index (χ2v) is 6.94. The number of likely N-dealkylation sites (tertiary alicyclic amines) is 1. The Bertz CT molecular complexity index is 791. The molecule has 144 valence electrons. The van der Waals surface area contributed by atoms with E-state index >= 15 is 0 Å². The molecule has 2 aromatic rings. The van der Waals surface area contributed by atoms with E-state index in [0.717, 1.165) is 31.5 Å². The number of aliphatic hydroxyl groups is 1. The van der Waals surface area contributed by atoms with Gasteiger partial charge < -0.3 is 26.2 Å². The number of phenolic OH excluding ortho intramolecular Hbond substituents is 3.